The molecule has 0 N–H and O–H groups in total. The van der Waals surface area contributed by atoms with Crippen LogP contribution >= 0.6 is 0 Å². The predicted octanol–water partition coefficient (Wildman–Crippen LogP) is 2.67. The van der Waals surface area contributed by atoms with Crippen LogP contribution in [0.15, 0.2) is 30.3 Å². The Morgan fingerprint density at radius 1 is 1.28 bits per heavy atom. The van der Waals surface area contributed by atoms with Crippen LogP contribution < -0.4 is 0 Å². The molecule has 3 nitrogen and oxygen atoms in total. The number of esters is 1. The van der Waals surface area contributed by atoms with Crippen LogP contribution in [0.2, 0.25) is 0 Å². The number of carbonyl (C=O) groups excluding carboxylic acids is 1. The first-order valence-electron chi connectivity index (χ1n) is 6.26. The molecule has 0 aliphatic rings. The molecule has 0 aliphatic heterocycles. The second-order valence-electron chi connectivity index (χ2n) is 4.04. The summed E-state index contributed by atoms with van der Waals surface area (Å²) in [5, 5.41) is -0.504. The molecule has 0 radical (unpaired) electrons. The van der Waals surface area contributed by atoms with Crippen molar-refractivity contribution in [2.24, 2.45) is 0 Å². The van der Waals surface area contributed by atoms with Crippen molar-refractivity contribution in [3.05, 3.63) is 35.9 Å². The molecule has 2 atom stereocenters. The van der Waals surface area contributed by atoms with E-state index in [1.165, 1.54) is 0 Å². The van der Waals surface area contributed by atoms with Gasteiger partial charge in [0.05, 0.1) is 6.61 Å². The Kier molecular flexibility index (Phi) is 6.65. The lowest BCUT2D eigenvalue weighted by Crippen LogP contribution is -2.28. The number of rotatable bonds is 7. The van der Waals surface area contributed by atoms with Gasteiger partial charge >= 0.3 is 5.97 Å². The van der Waals surface area contributed by atoms with E-state index < -0.39 is 16.0 Å². The fourth-order valence-electron chi connectivity index (χ4n) is 1.69. The topological polar surface area (TPSA) is 43.4 Å². The molecule has 0 spiro atoms. The van der Waals surface area contributed by atoms with E-state index in [-0.39, 0.29) is 5.97 Å². The van der Waals surface area contributed by atoms with Crippen molar-refractivity contribution in [2.75, 3.05) is 6.61 Å². The third-order valence-electron chi connectivity index (χ3n) is 2.57. The molecule has 0 saturated heterocycles. The van der Waals surface area contributed by atoms with Crippen molar-refractivity contribution in [1.29, 1.82) is 0 Å². The molecule has 0 aromatic heterocycles. The molecule has 0 heterocycles. The first-order valence-corrected chi connectivity index (χ1v) is 7.65. The minimum absolute atomic E-state index is 0.335. The van der Waals surface area contributed by atoms with Gasteiger partial charge in [-0.15, -0.1) is 0 Å². The maximum atomic E-state index is 12.2. The second-order valence-corrected chi connectivity index (χ2v) is 5.66. The van der Waals surface area contributed by atoms with Gasteiger partial charge in [-0.25, -0.2) is 0 Å². The highest BCUT2D eigenvalue weighted by atomic mass is 32.2. The minimum Gasteiger partial charge on any atom is -0.465 e. The van der Waals surface area contributed by atoms with E-state index in [1.807, 2.05) is 37.3 Å². The Morgan fingerprint density at radius 3 is 2.50 bits per heavy atom. The lowest BCUT2D eigenvalue weighted by atomic mass is 10.2. The smallest absolute Gasteiger partial charge is 0.321 e. The van der Waals surface area contributed by atoms with Crippen LogP contribution in [-0.2, 0) is 26.1 Å². The second kappa shape index (κ2) is 8.03. The van der Waals surface area contributed by atoms with Gasteiger partial charge in [0.25, 0.3) is 0 Å². The van der Waals surface area contributed by atoms with Gasteiger partial charge in [-0.05, 0) is 18.9 Å². The van der Waals surface area contributed by atoms with E-state index in [2.05, 4.69) is 0 Å². The summed E-state index contributed by atoms with van der Waals surface area (Å²) in [6, 6.07) is 9.58. The molecule has 0 fully saturated rings. The summed E-state index contributed by atoms with van der Waals surface area (Å²) in [5.41, 5.74) is 0.987. The van der Waals surface area contributed by atoms with E-state index in [1.54, 1.807) is 6.92 Å². The highest BCUT2D eigenvalue weighted by Gasteiger charge is 2.25. The number of benzene rings is 1. The van der Waals surface area contributed by atoms with E-state index >= 15 is 0 Å². The van der Waals surface area contributed by atoms with Crippen LogP contribution in [0.25, 0.3) is 0 Å². The molecular weight excluding hydrogens is 248 g/mol. The molecule has 1 rings (SSSR count). The van der Waals surface area contributed by atoms with Gasteiger partial charge in [0.2, 0.25) is 0 Å². The summed E-state index contributed by atoms with van der Waals surface area (Å²) < 4.78 is 17.2. The standard InChI is InChI=1S/C14H20O3S/c1-3-8-13(14(15)17-4-2)18(16)11-12-9-6-5-7-10-12/h5-7,9-10,13H,3-4,8,11H2,1-2H3. The lowest BCUT2D eigenvalue weighted by molar-refractivity contribution is -0.142. The molecule has 1 aromatic carbocycles. The number of ether oxygens (including phenoxy) is 1. The normalized spacial score (nSPS) is 13.9. The zero-order valence-corrected chi connectivity index (χ0v) is 11.7. The highest BCUT2D eigenvalue weighted by Crippen LogP contribution is 2.13. The van der Waals surface area contributed by atoms with Gasteiger partial charge in [0, 0.05) is 16.6 Å². The lowest BCUT2D eigenvalue weighted by Gasteiger charge is -2.14. The van der Waals surface area contributed by atoms with Gasteiger partial charge in [-0.2, -0.15) is 0 Å². The van der Waals surface area contributed by atoms with Crippen LogP contribution in [0.4, 0.5) is 0 Å². The number of hydrogen-bond donors (Lipinski definition) is 0. The molecule has 2 unspecified atom stereocenters. The molecule has 18 heavy (non-hydrogen) atoms. The van der Waals surface area contributed by atoms with Crippen LogP contribution in [0.3, 0.4) is 0 Å². The fraction of sp³-hybridized carbons (Fsp3) is 0.500. The fourth-order valence-corrected chi connectivity index (χ4v) is 3.20. The van der Waals surface area contributed by atoms with Crippen LogP contribution in [-0.4, -0.2) is 22.0 Å². The van der Waals surface area contributed by atoms with Gasteiger partial charge in [0.1, 0.15) is 5.25 Å². The van der Waals surface area contributed by atoms with E-state index in [9.17, 15) is 9.00 Å². The Hall–Kier alpha value is -1.16. The largest absolute Gasteiger partial charge is 0.465 e. The van der Waals surface area contributed by atoms with E-state index in [0.29, 0.717) is 18.8 Å². The zero-order valence-electron chi connectivity index (χ0n) is 10.9. The van der Waals surface area contributed by atoms with Crippen molar-refractivity contribution < 1.29 is 13.7 Å². The summed E-state index contributed by atoms with van der Waals surface area (Å²) in [5.74, 6) is 0.0678. The van der Waals surface area contributed by atoms with Crippen molar-refractivity contribution in [3.8, 4) is 0 Å². The molecule has 0 aliphatic carbocycles. The highest BCUT2D eigenvalue weighted by molar-refractivity contribution is 7.85. The molecule has 0 amide bonds. The summed E-state index contributed by atoms with van der Waals surface area (Å²) in [6.07, 6.45) is 1.43. The van der Waals surface area contributed by atoms with E-state index in [0.717, 1.165) is 12.0 Å². The molecule has 0 bridgehead atoms. The zero-order chi connectivity index (χ0) is 13.4. The molecule has 4 heteroatoms. The summed E-state index contributed by atoms with van der Waals surface area (Å²) in [6.45, 7) is 4.08. The predicted molar refractivity (Wildman–Crippen MR) is 73.6 cm³/mol. The molecule has 0 saturated carbocycles. The maximum absolute atomic E-state index is 12.2. The van der Waals surface area contributed by atoms with E-state index in [4.69, 9.17) is 4.74 Å². The quantitative estimate of drug-likeness (QED) is 0.714. The summed E-state index contributed by atoms with van der Waals surface area (Å²) >= 11 is 0. The average Bonchev–Trinajstić information content (AvgIpc) is 2.37. The van der Waals surface area contributed by atoms with Gasteiger partial charge in [0.15, 0.2) is 0 Å². The average molecular weight is 268 g/mol. The SMILES string of the molecule is CCCC(C(=O)OCC)S(=O)Cc1ccccc1. The Labute approximate surface area is 111 Å². The number of hydrogen-bond acceptors (Lipinski definition) is 3. The molecular formula is C14H20O3S. The van der Waals surface area contributed by atoms with Crippen LogP contribution in [0.5, 0.6) is 0 Å². The van der Waals surface area contributed by atoms with Gasteiger partial charge in [-0.1, -0.05) is 43.7 Å². The third-order valence-corrected chi connectivity index (χ3v) is 4.25. The third kappa shape index (κ3) is 4.61. The monoisotopic (exact) mass is 268 g/mol. The Balaban J connectivity index is 2.68. The van der Waals surface area contributed by atoms with Crippen molar-refractivity contribution >= 4 is 16.8 Å². The first-order chi connectivity index (χ1) is 8.69. The minimum atomic E-state index is -1.21. The summed E-state index contributed by atoms with van der Waals surface area (Å²) in [4.78, 5) is 11.7. The van der Waals surface area contributed by atoms with Crippen LogP contribution in [0, 0.1) is 0 Å². The van der Waals surface area contributed by atoms with Crippen molar-refractivity contribution in [1.82, 2.24) is 0 Å². The first kappa shape index (κ1) is 14.9. The maximum Gasteiger partial charge on any atom is 0.321 e. The van der Waals surface area contributed by atoms with Crippen LogP contribution in [0.1, 0.15) is 32.3 Å². The van der Waals surface area contributed by atoms with Gasteiger partial charge < -0.3 is 4.74 Å². The van der Waals surface area contributed by atoms with Crippen molar-refractivity contribution in [3.63, 3.8) is 0 Å². The Bertz CT molecular complexity index is 389. The Morgan fingerprint density at radius 2 is 1.94 bits per heavy atom. The van der Waals surface area contributed by atoms with Gasteiger partial charge in [-0.3, -0.25) is 9.00 Å². The molecule has 100 valence electrons. The van der Waals surface area contributed by atoms with Crippen molar-refractivity contribution in [2.45, 2.75) is 37.7 Å². The molecule has 1 aromatic rings. The summed E-state index contributed by atoms with van der Waals surface area (Å²) in [7, 11) is -1.21. The number of carbonyl (C=O) groups is 1.